The highest BCUT2D eigenvalue weighted by molar-refractivity contribution is 5.96. The van der Waals surface area contributed by atoms with Crippen molar-refractivity contribution in [2.45, 2.75) is 20.4 Å². The van der Waals surface area contributed by atoms with E-state index in [2.05, 4.69) is 0 Å². The Morgan fingerprint density at radius 3 is 2.50 bits per heavy atom. The van der Waals surface area contributed by atoms with Gasteiger partial charge in [0, 0.05) is 17.8 Å². The van der Waals surface area contributed by atoms with Gasteiger partial charge in [-0.15, -0.1) is 0 Å². The van der Waals surface area contributed by atoms with E-state index in [-0.39, 0.29) is 17.9 Å². The Morgan fingerprint density at radius 1 is 1.20 bits per heavy atom. The Hall–Kier alpha value is -2.36. The van der Waals surface area contributed by atoms with Crippen molar-refractivity contribution in [1.29, 1.82) is 0 Å². The zero-order valence-electron chi connectivity index (χ0n) is 11.6. The number of ketones is 1. The number of rotatable bonds is 5. The third kappa shape index (κ3) is 3.35. The first kappa shape index (κ1) is 14.1. The van der Waals surface area contributed by atoms with Gasteiger partial charge < -0.3 is 9.30 Å². The minimum absolute atomic E-state index is 0.0487. The van der Waals surface area contributed by atoms with Crippen molar-refractivity contribution in [1.82, 2.24) is 4.57 Å². The van der Waals surface area contributed by atoms with E-state index < -0.39 is 0 Å². The van der Waals surface area contributed by atoms with Crippen molar-refractivity contribution in [3.8, 4) is 5.75 Å². The molecule has 4 nitrogen and oxygen atoms in total. The number of Topliss-reactive ketones (excluding diaryl/α,β-unsaturated/α-hetero) is 1. The number of pyridine rings is 1. The van der Waals surface area contributed by atoms with Gasteiger partial charge in [0.1, 0.15) is 5.75 Å². The van der Waals surface area contributed by atoms with E-state index in [4.69, 9.17) is 4.74 Å². The third-order valence-electron chi connectivity index (χ3n) is 2.95. The highest BCUT2D eigenvalue weighted by atomic mass is 16.5. The molecule has 104 valence electrons. The predicted octanol–water partition coefficient (Wildman–Crippen LogP) is 2.44. The number of hydrogen-bond donors (Lipinski definition) is 0. The van der Waals surface area contributed by atoms with Crippen LogP contribution in [0.3, 0.4) is 0 Å². The molecule has 1 heterocycles. The van der Waals surface area contributed by atoms with Gasteiger partial charge in [0.05, 0.1) is 13.2 Å². The Labute approximate surface area is 117 Å². The summed E-state index contributed by atoms with van der Waals surface area (Å²) in [7, 11) is 0. The molecule has 2 rings (SSSR count). The molecule has 0 saturated carbocycles. The van der Waals surface area contributed by atoms with Crippen molar-refractivity contribution in [2.75, 3.05) is 6.61 Å². The van der Waals surface area contributed by atoms with Crippen LogP contribution in [-0.2, 0) is 6.54 Å². The van der Waals surface area contributed by atoms with Crippen LogP contribution in [0, 0.1) is 6.92 Å². The first-order chi connectivity index (χ1) is 9.60. The largest absolute Gasteiger partial charge is 0.494 e. The number of carbonyl (C=O) groups is 1. The SMILES string of the molecule is CCOc1ccc(C(=O)Cn2ccc(C)cc2=O)cc1. The number of aryl methyl sites for hydroxylation is 1. The molecule has 0 unspecified atom stereocenters. The molecule has 0 spiro atoms. The van der Waals surface area contributed by atoms with Crippen LogP contribution in [0.15, 0.2) is 47.4 Å². The summed E-state index contributed by atoms with van der Waals surface area (Å²) >= 11 is 0. The van der Waals surface area contributed by atoms with Gasteiger partial charge in [0.25, 0.3) is 5.56 Å². The minimum atomic E-state index is -0.163. The van der Waals surface area contributed by atoms with Crippen molar-refractivity contribution >= 4 is 5.78 Å². The summed E-state index contributed by atoms with van der Waals surface area (Å²) in [5.74, 6) is 0.635. The lowest BCUT2D eigenvalue weighted by Gasteiger charge is -2.07. The molecule has 4 heteroatoms. The summed E-state index contributed by atoms with van der Waals surface area (Å²) < 4.78 is 6.73. The fourth-order valence-electron chi connectivity index (χ4n) is 1.89. The summed E-state index contributed by atoms with van der Waals surface area (Å²) in [6, 6.07) is 10.3. The Morgan fingerprint density at radius 2 is 1.90 bits per heavy atom. The molecule has 0 N–H and O–H groups in total. The molecule has 0 amide bonds. The number of nitrogens with zero attached hydrogens (tertiary/aromatic N) is 1. The zero-order chi connectivity index (χ0) is 14.5. The van der Waals surface area contributed by atoms with E-state index in [0.29, 0.717) is 12.2 Å². The van der Waals surface area contributed by atoms with Crippen LogP contribution in [0.4, 0.5) is 0 Å². The number of benzene rings is 1. The second-order valence-electron chi connectivity index (χ2n) is 4.55. The normalized spacial score (nSPS) is 10.3. The van der Waals surface area contributed by atoms with E-state index in [0.717, 1.165) is 11.3 Å². The highest BCUT2D eigenvalue weighted by Crippen LogP contribution is 2.12. The van der Waals surface area contributed by atoms with Gasteiger partial charge in [-0.05, 0) is 49.7 Å². The van der Waals surface area contributed by atoms with Crippen LogP contribution in [0.2, 0.25) is 0 Å². The van der Waals surface area contributed by atoms with Gasteiger partial charge in [-0.2, -0.15) is 0 Å². The number of aromatic nitrogens is 1. The smallest absolute Gasteiger partial charge is 0.251 e. The van der Waals surface area contributed by atoms with E-state index in [1.165, 1.54) is 10.6 Å². The van der Waals surface area contributed by atoms with Crippen molar-refractivity contribution in [2.24, 2.45) is 0 Å². The van der Waals surface area contributed by atoms with Crippen LogP contribution in [0.1, 0.15) is 22.8 Å². The molecule has 0 radical (unpaired) electrons. The molecule has 2 aromatic rings. The molecule has 1 aromatic heterocycles. The average molecular weight is 271 g/mol. The van der Waals surface area contributed by atoms with Crippen LogP contribution < -0.4 is 10.3 Å². The molecule has 0 saturated heterocycles. The summed E-state index contributed by atoms with van der Waals surface area (Å²) in [4.78, 5) is 23.9. The minimum Gasteiger partial charge on any atom is -0.494 e. The maximum Gasteiger partial charge on any atom is 0.251 e. The molecule has 1 aromatic carbocycles. The molecular weight excluding hydrogens is 254 g/mol. The Balaban J connectivity index is 2.13. The number of carbonyl (C=O) groups excluding carboxylic acids is 1. The number of hydrogen-bond acceptors (Lipinski definition) is 3. The summed E-state index contributed by atoms with van der Waals surface area (Å²) in [6.45, 7) is 4.39. The summed E-state index contributed by atoms with van der Waals surface area (Å²) in [5, 5.41) is 0. The maximum atomic E-state index is 12.1. The van der Waals surface area contributed by atoms with E-state index in [9.17, 15) is 9.59 Å². The van der Waals surface area contributed by atoms with Gasteiger partial charge in [-0.3, -0.25) is 9.59 Å². The average Bonchev–Trinajstić information content (AvgIpc) is 2.43. The van der Waals surface area contributed by atoms with Crippen LogP contribution in [0.5, 0.6) is 5.75 Å². The Kier molecular flexibility index (Phi) is 4.35. The van der Waals surface area contributed by atoms with Crippen LogP contribution >= 0.6 is 0 Å². The van der Waals surface area contributed by atoms with Crippen LogP contribution in [0.25, 0.3) is 0 Å². The maximum absolute atomic E-state index is 12.1. The van der Waals surface area contributed by atoms with Gasteiger partial charge in [-0.25, -0.2) is 0 Å². The molecule has 20 heavy (non-hydrogen) atoms. The highest BCUT2D eigenvalue weighted by Gasteiger charge is 2.08. The second kappa shape index (κ2) is 6.19. The first-order valence-corrected chi connectivity index (χ1v) is 6.53. The van der Waals surface area contributed by atoms with Gasteiger partial charge in [0.15, 0.2) is 5.78 Å². The topological polar surface area (TPSA) is 48.3 Å². The van der Waals surface area contributed by atoms with E-state index >= 15 is 0 Å². The lowest BCUT2D eigenvalue weighted by molar-refractivity contribution is 0.0971. The Bertz CT molecular complexity index is 656. The molecule has 0 atom stereocenters. The third-order valence-corrected chi connectivity index (χ3v) is 2.95. The van der Waals surface area contributed by atoms with Crippen LogP contribution in [-0.4, -0.2) is 17.0 Å². The molecular formula is C16H17NO3. The molecule has 0 aliphatic heterocycles. The van der Waals surface area contributed by atoms with E-state index in [1.807, 2.05) is 19.9 Å². The lowest BCUT2D eigenvalue weighted by atomic mass is 10.1. The molecule has 0 aliphatic rings. The van der Waals surface area contributed by atoms with E-state index in [1.54, 1.807) is 30.5 Å². The summed E-state index contributed by atoms with van der Waals surface area (Å²) in [6.07, 6.45) is 1.64. The van der Waals surface area contributed by atoms with Crippen molar-refractivity contribution in [3.05, 3.63) is 64.1 Å². The molecule has 0 bridgehead atoms. The summed E-state index contributed by atoms with van der Waals surface area (Å²) in [5.41, 5.74) is 1.30. The monoisotopic (exact) mass is 271 g/mol. The molecule has 0 fully saturated rings. The van der Waals surface area contributed by atoms with Gasteiger partial charge in [-0.1, -0.05) is 0 Å². The fourth-order valence-corrected chi connectivity index (χ4v) is 1.89. The van der Waals surface area contributed by atoms with Gasteiger partial charge >= 0.3 is 0 Å². The molecule has 0 aliphatic carbocycles. The first-order valence-electron chi connectivity index (χ1n) is 6.53. The number of ether oxygens (including phenoxy) is 1. The predicted molar refractivity (Wildman–Crippen MR) is 77.4 cm³/mol. The van der Waals surface area contributed by atoms with Crippen molar-refractivity contribution < 1.29 is 9.53 Å². The second-order valence-corrected chi connectivity index (χ2v) is 4.55. The fraction of sp³-hybridized carbons (Fsp3) is 0.250. The standard InChI is InChI=1S/C16H17NO3/c1-3-20-14-6-4-13(5-7-14)15(18)11-17-9-8-12(2)10-16(17)19/h4-10H,3,11H2,1-2H3. The van der Waals surface area contributed by atoms with Gasteiger partial charge in [0.2, 0.25) is 0 Å². The van der Waals surface area contributed by atoms with Crippen molar-refractivity contribution in [3.63, 3.8) is 0 Å². The lowest BCUT2D eigenvalue weighted by Crippen LogP contribution is -2.23. The zero-order valence-corrected chi connectivity index (χ0v) is 11.6. The quantitative estimate of drug-likeness (QED) is 0.785.